The summed E-state index contributed by atoms with van der Waals surface area (Å²) in [5, 5.41) is 3.55. The maximum Gasteiger partial charge on any atom is 0.119 e. The Morgan fingerprint density at radius 3 is 2.48 bits per heavy atom. The first-order valence-electron chi connectivity index (χ1n) is 7.86. The smallest absolute Gasteiger partial charge is 0.119 e. The maximum absolute atomic E-state index is 5.86. The Labute approximate surface area is 127 Å². The lowest BCUT2D eigenvalue weighted by atomic mass is 10.1. The van der Waals surface area contributed by atoms with Crippen molar-refractivity contribution in [2.24, 2.45) is 0 Å². The van der Waals surface area contributed by atoms with Gasteiger partial charge in [-0.2, -0.15) is 0 Å². The van der Waals surface area contributed by atoms with Crippen molar-refractivity contribution in [2.75, 3.05) is 0 Å². The largest absolute Gasteiger partial charge is 0.489 e. The second kappa shape index (κ2) is 6.77. The summed E-state index contributed by atoms with van der Waals surface area (Å²) in [6.07, 6.45) is 3.73. The van der Waals surface area contributed by atoms with E-state index in [0.29, 0.717) is 6.61 Å². The molecule has 0 saturated heterocycles. The monoisotopic (exact) mass is 281 g/mol. The van der Waals surface area contributed by atoms with Gasteiger partial charge >= 0.3 is 0 Å². The van der Waals surface area contributed by atoms with Crippen LogP contribution in [0.1, 0.15) is 36.5 Å². The van der Waals surface area contributed by atoms with E-state index in [2.05, 4.69) is 60.8 Å². The van der Waals surface area contributed by atoms with Crippen molar-refractivity contribution in [3.8, 4) is 5.75 Å². The highest BCUT2D eigenvalue weighted by molar-refractivity contribution is 5.28. The Hall–Kier alpha value is -1.80. The molecule has 1 fully saturated rings. The second-order valence-corrected chi connectivity index (χ2v) is 5.76. The van der Waals surface area contributed by atoms with Crippen LogP contribution in [0.4, 0.5) is 0 Å². The van der Waals surface area contributed by atoms with Crippen molar-refractivity contribution < 1.29 is 4.74 Å². The average molecular weight is 281 g/mol. The van der Waals surface area contributed by atoms with Crippen LogP contribution >= 0.6 is 0 Å². The zero-order valence-electron chi connectivity index (χ0n) is 12.6. The molecule has 1 aliphatic carbocycles. The van der Waals surface area contributed by atoms with Crippen molar-refractivity contribution in [3.05, 3.63) is 65.2 Å². The van der Waals surface area contributed by atoms with E-state index in [1.54, 1.807) is 0 Å². The van der Waals surface area contributed by atoms with E-state index in [9.17, 15) is 0 Å². The Balaban J connectivity index is 1.54. The van der Waals surface area contributed by atoms with Crippen LogP contribution in [0.3, 0.4) is 0 Å². The first-order valence-corrected chi connectivity index (χ1v) is 7.86. The number of ether oxygens (including phenoxy) is 1. The quantitative estimate of drug-likeness (QED) is 0.825. The van der Waals surface area contributed by atoms with Crippen molar-refractivity contribution in [1.82, 2.24) is 5.32 Å². The van der Waals surface area contributed by atoms with Crippen LogP contribution in [0.5, 0.6) is 5.75 Å². The van der Waals surface area contributed by atoms with Crippen molar-refractivity contribution in [1.29, 1.82) is 0 Å². The number of benzene rings is 2. The Bertz CT molecular complexity index is 572. The molecule has 0 amide bonds. The molecule has 0 aromatic heterocycles. The van der Waals surface area contributed by atoms with Crippen LogP contribution in [0.25, 0.3) is 0 Å². The van der Waals surface area contributed by atoms with Gasteiger partial charge in [-0.3, -0.25) is 0 Å². The average Bonchev–Trinajstić information content (AvgIpc) is 3.36. The van der Waals surface area contributed by atoms with Gasteiger partial charge in [-0.25, -0.2) is 0 Å². The molecule has 0 heterocycles. The summed E-state index contributed by atoms with van der Waals surface area (Å²) in [6.45, 7) is 3.75. The fourth-order valence-corrected chi connectivity index (χ4v) is 2.37. The first-order chi connectivity index (χ1) is 10.3. The highest BCUT2D eigenvalue weighted by Gasteiger charge is 2.19. The summed E-state index contributed by atoms with van der Waals surface area (Å²) in [5.41, 5.74) is 3.91. The number of hydrogen-bond donors (Lipinski definition) is 1. The van der Waals surface area contributed by atoms with Gasteiger partial charge < -0.3 is 10.1 Å². The minimum absolute atomic E-state index is 0.628. The minimum Gasteiger partial charge on any atom is -0.489 e. The summed E-state index contributed by atoms with van der Waals surface area (Å²) in [4.78, 5) is 0. The molecule has 0 atom stereocenters. The number of hydrogen-bond acceptors (Lipinski definition) is 2. The predicted molar refractivity (Wildman–Crippen MR) is 86.5 cm³/mol. The van der Waals surface area contributed by atoms with E-state index in [-0.39, 0.29) is 0 Å². The molecule has 0 aliphatic heterocycles. The number of nitrogens with one attached hydrogen (secondary N) is 1. The molecule has 2 aromatic rings. The second-order valence-electron chi connectivity index (χ2n) is 5.76. The summed E-state index contributed by atoms with van der Waals surface area (Å²) < 4.78 is 5.86. The molecule has 3 rings (SSSR count). The molecule has 2 aromatic carbocycles. The fraction of sp³-hybridized carbons (Fsp3) is 0.368. The number of rotatable bonds is 7. The Morgan fingerprint density at radius 2 is 1.76 bits per heavy atom. The predicted octanol–water partition coefficient (Wildman–Crippen LogP) is 4.08. The van der Waals surface area contributed by atoms with Gasteiger partial charge in [0.1, 0.15) is 12.4 Å². The maximum atomic E-state index is 5.86. The SMILES string of the molecule is CCc1ccc(OCc2cccc(CNC3CC3)c2)cc1. The summed E-state index contributed by atoms with van der Waals surface area (Å²) in [7, 11) is 0. The molecule has 1 saturated carbocycles. The molecule has 110 valence electrons. The van der Waals surface area contributed by atoms with E-state index >= 15 is 0 Å². The zero-order valence-corrected chi connectivity index (χ0v) is 12.6. The van der Waals surface area contributed by atoms with Crippen LogP contribution in [-0.2, 0) is 19.6 Å². The molecule has 1 N–H and O–H groups in total. The molecule has 21 heavy (non-hydrogen) atoms. The molecule has 1 aliphatic rings. The summed E-state index contributed by atoms with van der Waals surface area (Å²) >= 11 is 0. The third kappa shape index (κ3) is 4.33. The van der Waals surface area contributed by atoms with E-state index < -0.39 is 0 Å². The van der Waals surface area contributed by atoms with Crippen molar-refractivity contribution in [2.45, 2.75) is 45.4 Å². The number of aryl methyl sites for hydroxylation is 1. The first kappa shape index (κ1) is 14.2. The summed E-state index contributed by atoms with van der Waals surface area (Å²) in [6, 6.07) is 17.8. The lowest BCUT2D eigenvalue weighted by molar-refractivity contribution is 0.306. The summed E-state index contributed by atoms with van der Waals surface area (Å²) in [5.74, 6) is 0.939. The van der Waals surface area contributed by atoms with Gasteiger partial charge in [0.15, 0.2) is 0 Å². The minimum atomic E-state index is 0.628. The van der Waals surface area contributed by atoms with Crippen molar-refractivity contribution in [3.63, 3.8) is 0 Å². The highest BCUT2D eigenvalue weighted by atomic mass is 16.5. The van der Waals surface area contributed by atoms with Crippen LogP contribution < -0.4 is 10.1 Å². The van der Waals surface area contributed by atoms with Gasteiger partial charge in [0.2, 0.25) is 0 Å². The zero-order chi connectivity index (χ0) is 14.5. The normalized spacial score (nSPS) is 14.1. The van der Waals surface area contributed by atoms with Gasteiger partial charge in [0.25, 0.3) is 0 Å². The van der Waals surface area contributed by atoms with Crippen LogP contribution in [0, 0.1) is 0 Å². The molecule has 0 radical (unpaired) electrons. The third-order valence-corrected chi connectivity index (χ3v) is 3.90. The van der Waals surface area contributed by atoms with E-state index in [0.717, 1.165) is 24.8 Å². The standard InChI is InChI=1S/C19H23NO/c1-2-15-6-10-19(11-7-15)21-14-17-5-3-4-16(12-17)13-20-18-8-9-18/h3-7,10-12,18,20H,2,8-9,13-14H2,1H3. The van der Waals surface area contributed by atoms with Gasteiger partial charge in [0, 0.05) is 12.6 Å². The van der Waals surface area contributed by atoms with Gasteiger partial charge in [-0.05, 0) is 48.1 Å². The van der Waals surface area contributed by atoms with E-state index in [4.69, 9.17) is 4.74 Å². The molecular formula is C19H23NO. The molecule has 0 spiro atoms. The van der Waals surface area contributed by atoms with Crippen molar-refractivity contribution >= 4 is 0 Å². The molecule has 0 bridgehead atoms. The Morgan fingerprint density at radius 1 is 1.00 bits per heavy atom. The Kier molecular flexibility index (Phi) is 4.56. The van der Waals surface area contributed by atoms with E-state index in [1.807, 2.05) is 0 Å². The molecule has 2 heteroatoms. The topological polar surface area (TPSA) is 21.3 Å². The van der Waals surface area contributed by atoms with E-state index in [1.165, 1.54) is 29.5 Å². The molecular weight excluding hydrogens is 258 g/mol. The van der Waals surface area contributed by atoms with Gasteiger partial charge in [0.05, 0.1) is 0 Å². The molecule has 0 unspecified atom stereocenters. The van der Waals surface area contributed by atoms with Crippen LogP contribution in [0.15, 0.2) is 48.5 Å². The van der Waals surface area contributed by atoms with Crippen LogP contribution in [0.2, 0.25) is 0 Å². The van der Waals surface area contributed by atoms with Crippen LogP contribution in [-0.4, -0.2) is 6.04 Å². The highest BCUT2D eigenvalue weighted by Crippen LogP contribution is 2.20. The third-order valence-electron chi connectivity index (χ3n) is 3.90. The van der Waals surface area contributed by atoms with Gasteiger partial charge in [-0.15, -0.1) is 0 Å². The molecule has 2 nitrogen and oxygen atoms in total. The van der Waals surface area contributed by atoms with Gasteiger partial charge in [-0.1, -0.05) is 43.3 Å². The lowest BCUT2D eigenvalue weighted by Gasteiger charge is -2.09. The fourth-order valence-electron chi connectivity index (χ4n) is 2.37. The lowest BCUT2D eigenvalue weighted by Crippen LogP contribution is -2.15.